The Morgan fingerprint density at radius 2 is 2.71 bits per heavy atom. The molecule has 0 spiro atoms. The molecule has 0 aliphatic carbocycles. The Morgan fingerprint density at radius 3 is 3.00 bits per heavy atom. The third-order valence-electron chi connectivity index (χ3n) is 0.643. The van der Waals surface area contributed by atoms with Crippen molar-refractivity contribution >= 4 is 5.97 Å². The Balaban J connectivity index is 2.47. The van der Waals surface area contributed by atoms with E-state index in [4.69, 9.17) is 0 Å². The molecule has 0 atom stereocenters. The van der Waals surface area contributed by atoms with Crippen molar-refractivity contribution in [2.75, 3.05) is 0 Å². The summed E-state index contributed by atoms with van der Waals surface area (Å²) >= 11 is 0. The Hall–Kier alpha value is -0.990. The predicted molar refractivity (Wildman–Crippen MR) is 23.0 cm³/mol. The Morgan fingerprint density at radius 1 is 1.86 bits per heavy atom. The maximum atomic E-state index is 10.1. The summed E-state index contributed by atoms with van der Waals surface area (Å²) in [6, 6.07) is 0. The van der Waals surface area contributed by atoms with Crippen LogP contribution < -0.4 is 5.48 Å². The standard InChI is InChI=1S/C4H5NO2/c6-4-2-1-3-5-7-4/h1,3,5H,2H2. The topological polar surface area (TPSA) is 38.3 Å². The first-order chi connectivity index (χ1) is 3.39. The Bertz CT molecular complexity index is 108. The average molecular weight is 99.1 g/mol. The van der Waals surface area contributed by atoms with Gasteiger partial charge in [-0.2, -0.15) is 0 Å². The van der Waals surface area contributed by atoms with Crippen molar-refractivity contribution in [1.29, 1.82) is 0 Å². The molecule has 38 valence electrons. The van der Waals surface area contributed by atoms with Gasteiger partial charge >= 0.3 is 5.97 Å². The van der Waals surface area contributed by atoms with Gasteiger partial charge in [0.25, 0.3) is 0 Å². The molecule has 1 aliphatic rings. The smallest absolute Gasteiger partial charge is 0.335 e. The molecule has 1 rings (SSSR count). The van der Waals surface area contributed by atoms with E-state index in [1.165, 1.54) is 0 Å². The van der Waals surface area contributed by atoms with Gasteiger partial charge in [0, 0.05) is 6.20 Å². The zero-order valence-corrected chi connectivity index (χ0v) is 3.68. The van der Waals surface area contributed by atoms with Gasteiger partial charge in [-0.1, -0.05) is 6.08 Å². The first kappa shape index (κ1) is 4.18. The summed E-state index contributed by atoms with van der Waals surface area (Å²) in [6.45, 7) is 0. The zero-order valence-electron chi connectivity index (χ0n) is 3.68. The van der Waals surface area contributed by atoms with Crippen molar-refractivity contribution in [3.05, 3.63) is 12.3 Å². The average Bonchev–Trinajstić information content (AvgIpc) is 1.69. The second-order valence-corrected chi connectivity index (χ2v) is 1.20. The van der Waals surface area contributed by atoms with Crippen molar-refractivity contribution in [2.45, 2.75) is 6.42 Å². The third kappa shape index (κ3) is 0.924. The molecule has 7 heavy (non-hydrogen) atoms. The van der Waals surface area contributed by atoms with E-state index in [1.807, 2.05) is 0 Å². The number of nitrogens with one attached hydrogen (secondary N) is 1. The minimum atomic E-state index is -0.234. The van der Waals surface area contributed by atoms with Gasteiger partial charge in [0.05, 0.1) is 6.42 Å². The van der Waals surface area contributed by atoms with Gasteiger partial charge in [-0.25, -0.2) is 10.3 Å². The quantitative estimate of drug-likeness (QED) is 0.462. The normalized spacial score (nSPS) is 18.0. The van der Waals surface area contributed by atoms with Crippen LogP contribution in [-0.2, 0) is 9.63 Å². The van der Waals surface area contributed by atoms with Gasteiger partial charge in [0.2, 0.25) is 0 Å². The highest BCUT2D eigenvalue weighted by molar-refractivity contribution is 5.71. The summed E-state index contributed by atoms with van der Waals surface area (Å²) in [4.78, 5) is 14.4. The van der Waals surface area contributed by atoms with Crippen molar-refractivity contribution < 1.29 is 9.63 Å². The van der Waals surface area contributed by atoms with E-state index in [0.29, 0.717) is 6.42 Å². The van der Waals surface area contributed by atoms with Crippen molar-refractivity contribution in [1.82, 2.24) is 5.48 Å². The fraction of sp³-hybridized carbons (Fsp3) is 0.250. The second kappa shape index (κ2) is 1.64. The predicted octanol–water partition coefficient (Wildman–Crippen LogP) is -0.0484. The lowest BCUT2D eigenvalue weighted by Gasteiger charge is -2.03. The molecular weight excluding hydrogens is 94.0 g/mol. The van der Waals surface area contributed by atoms with Crippen LogP contribution in [0.5, 0.6) is 0 Å². The largest absolute Gasteiger partial charge is 0.344 e. The van der Waals surface area contributed by atoms with Gasteiger partial charge in [-0.3, -0.25) is 0 Å². The SMILES string of the molecule is O=C1CC=CNO1. The molecule has 0 radical (unpaired) electrons. The van der Waals surface area contributed by atoms with Crippen LogP contribution in [0.15, 0.2) is 12.3 Å². The van der Waals surface area contributed by atoms with Gasteiger partial charge in [0.15, 0.2) is 0 Å². The highest BCUT2D eigenvalue weighted by atomic mass is 16.7. The van der Waals surface area contributed by atoms with E-state index in [2.05, 4.69) is 10.3 Å². The maximum absolute atomic E-state index is 10.1. The molecule has 0 bridgehead atoms. The van der Waals surface area contributed by atoms with E-state index in [-0.39, 0.29) is 5.97 Å². The molecule has 0 aromatic rings. The van der Waals surface area contributed by atoms with Crippen LogP contribution in [-0.4, -0.2) is 5.97 Å². The van der Waals surface area contributed by atoms with Gasteiger partial charge in [-0.05, 0) is 0 Å². The summed E-state index contributed by atoms with van der Waals surface area (Å²) in [7, 11) is 0. The molecule has 0 fully saturated rings. The monoisotopic (exact) mass is 99.0 g/mol. The minimum absolute atomic E-state index is 0.234. The molecule has 1 N–H and O–H groups in total. The highest BCUT2D eigenvalue weighted by Crippen LogP contribution is 1.89. The molecule has 0 saturated carbocycles. The maximum Gasteiger partial charge on any atom is 0.335 e. The fourth-order valence-electron chi connectivity index (χ4n) is 0.345. The Labute approximate surface area is 40.9 Å². The summed E-state index contributed by atoms with van der Waals surface area (Å²) in [5.74, 6) is -0.234. The summed E-state index contributed by atoms with van der Waals surface area (Å²) in [5.41, 5.74) is 2.30. The van der Waals surface area contributed by atoms with E-state index >= 15 is 0 Å². The van der Waals surface area contributed by atoms with Crippen molar-refractivity contribution in [3.63, 3.8) is 0 Å². The first-order valence-corrected chi connectivity index (χ1v) is 2.00. The number of hydroxylamine groups is 1. The number of carbonyl (C=O) groups excluding carboxylic acids is 1. The van der Waals surface area contributed by atoms with Crippen LogP contribution in [0, 0.1) is 0 Å². The Kier molecular flexibility index (Phi) is 0.978. The zero-order chi connectivity index (χ0) is 5.11. The van der Waals surface area contributed by atoms with Crippen LogP contribution in [0.25, 0.3) is 0 Å². The van der Waals surface area contributed by atoms with Gasteiger partial charge < -0.3 is 4.84 Å². The number of hydrogen-bond acceptors (Lipinski definition) is 3. The molecule has 0 aromatic carbocycles. The van der Waals surface area contributed by atoms with Crippen LogP contribution in [0.4, 0.5) is 0 Å². The molecular formula is C4H5NO2. The van der Waals surface area contributed by atoms with E-state index < -0.39 is 0 Å². The van der Waals surface area contributed by atoms with Crippen LogP contribution >= 0.6 is 0 Å². The molecule has 3 heteroatoms. The highest BCUT2D eigenvalue weighted by Gasteiger charge is 2.00. The lowest BCUT2D eigenvalue weighted by atomic mass is 10.4. The summed E-state index contributed by atoms with van der Waals surface area (Å²) in [6.07, 6.45) is 3.67. The van der Waals surface area contributed by atoms with Crippen molar-refractivity contribution in [3.8, 4) is 0 Å². The van der Waals surface area contributed by atoms with Gasteiger partial charge in [-0.15, -0.1) is 0 Å². The molecule has 0 saturated heterocycles. The molecule has 1 aliphatic heterocycles. The molecule has 0 unspecified atom stereocenters. The number of hydrogen-bond donors (Lipinski definition) is 1. The molecule has 3 nitrogen and oxygen atoms in total. The van der Waals surface area contributed by atoms with Crippen molar-refractivity contribution in [2.24, 2.45) is 0 Å². The van der Waals surface area contributed by atoms with Crippen LogP contribution in [0.1, 0.15) is 6.42 Å². The van der Waals surface area contributed by atoms with Gasteiger partial charge in [0.1, 0.15) is 0 Å². The molecule has 0 aromatic heterocycles. The number of carbonyl (C=O) groups is 1. The summed E-state index contributed by atoms with van der Waals surface area (Å²) in [5, 5.41) is 0. The number of rotatable bonds is 0. The third-order valence-corrected chi connectivity index (χ3v) is 0.643. The minimum Gasteiger partial charge on any atom is -0.344 e. The molecule has 1 heterocycles. The van der Waals surface area contributed by atoms with E-state index in [9.17, 15) is 4.79 Å². The van der Waals surface area contributed by atoms with E-state index in [1.54, 1.807) is 12.3 Å². The second-order valence-electron chi connectivity index (χ2n) is 1.20. The lowest BCUT2D eigenvalue weighted by molar-refractivity contribution is -0.148. The lowest BCUT2D eigenvalue weighted by Crippen LogP contribution is -2.17. The van der Waals surface area contributed by atoms with E-state index in [0.717, 1.165) is 0 Å². The first-order valence-electron chi connectivity index (χ1n) is 2.00. The fourth-order valence-corrected chi connectivity index (χ4v) is 0.345. The van der Waals surface area contributed by atoms with Crippen LogP contribution in [0.3, 0.4) is 0 Å². The van der Waals surface area contributed by atoms with Crippen LogP contribution in [0.2, 0.25) is 0 Å². The summed E-state index contributed by atoms with van der Waals surface area (Å²) < 4.78 is 0. The molecule has 0 amide bonds.